The molecule has 3 aromatic rings. The largest absolute Gasteiger partial charge is 0.491 e. The van der Waals surface area contributed by atoms with Crippen LogP contribution in [0.1, 0.15) is 24.3 Å². The lowest BCUT2D eigenvalue weighted by atomic mass is 10.1. The first-order chi connectivity index (χ1) is 11.1. The van der Waals surface area contributed by atoms with E-state index in [4.69, 9.17) is 10.5 Å². The topological polar surface area (TPSA) is 61.0 Å². The Kier molecular flexibility index (Phi) is 4.57. The van der Waals surface area contributed by atoms with Gasteiger partial charge in [-0.3, -0.25) is 4.98 Å². The highest BCUT2D eigenvalue weighted by atomic mass is 32.1. The van der Waals surface area contributed by atoms with E-state index in [0.717, 1.165) is 28.3 Å². The molecule has 4 nitrogen and oxygen atoms in total. The molecule has 2 heterocycles. The van der Waals surface area contributed by atoms with Gasteiger partial charge in [-0.1, -0.05) is 12.1 Å². The molecule has 1 aromatic carbocycles. The van der Waals surface area contributed by atoms with E-state index in [1.165, 1.54) is 16.9 Å². The molecule has 0 aliphatic heterocycles. The van der Waals surface area contributed by atoms with Gasteiger partial charge in [-0.25, -0.2) is 4.98 Å². The Balaban J connectivity index is 1.83. The van der Waals surface area contributed by atoms with Gasteiger partial charge >= 0.3 is 0 Å². The van der Waals surface area contributed by atoms with Crippen molar-refractivity contribution in [2.45, 2.75) is 26.4 Å². The van der Waals surface area contributed by atoms with Gasteiger partial charge in [0.05, 0.1) is 11.8 Å². The Morgan fingerprint density at radius 3 is 2.61 bits per heavy atom. The van der Waals surface area contributed by atoms with Crippen molar-refractivity contribution in [3.63, 3.8) is 0 Å². The quantitative estimate of drug-likeness (QED) is 0.765. The van der Waals surface area contributed by atoms with Crippen molar-refractivity contribution >= 4 is 16.5 Å². The number of nitrogens with two attached hydrogens (primary N) is 1. The number of ether oxygens (including phenoxy) is 1. The number of nitrogen functional groups attached to an aromatic ring is 1. The highest BCUT2D eigenvalue weighted by Crippen LogP contribution is 2.31. The summed E-state index contributed by atoms with van der Waals surface area (Å²) in [6, 6.07) is 12.1. The average Bonchev–Trinajstić information content (AvgIpc) is 2.90. The number of benzene rings is 1. The van der Waals surface area contributed by atoms with Crippen LogP contribution in [0.5, 0.6) is 5.75 Å². The Labute approximate surface area is 140 Å². The third-order valence-corrected chi connectivity index (χ3v) is 4.19. The molecular formula is C18H19N3OS. The molecule has 2 N–H and O–H groups in total. The van der Waals surface area contributed by atoms with Gasteiger partial charge in [-0.15, -0.1) is 11.3 Å². The maximum absolute atomic E-state index is 5.92. The van der Waals surface area contributed by atoms with Crippen LogP contribution in [0.15, 0.2) is 48.8 Å². The van der Waals surface area contributed by atoms with Crippen LogP contribution in [0.4, 0.5) is 5.13 Å². The molecular weight excluding hydrogens is 306 g/mol. The van der Waals surface area contributed by atoms with E-state index in [0.29, 0.717) is 5.13 Å². The summed E-state index contributed by atoms with van der Waals surface area (Å²) >= 11 is 1.53. The van der Waals surface area contributed by atoms with Crippen LogP contribution in [-0.2, 0) is 6.42 Å². The molecule has 5 heteroatoms. The van der Waals surface area contributed by atoms with Crippen molar-refractivity contribution in [3.8, 4) is 17.0 Å². The van der Waals surface area contributed by atoms with Crippen molar-refractivity contribution in [3.05, 3.63) is 59.2 Å². The third kappa shape index (κ3) is 3.87. The molecule has 0 aliphatic rings. The standard InChI is InChI=1S/C18H19N3OS/c1-12(2)22-15-7-5-13(6-8-15)10-16-17(21-18(19)23-16)14-4-3-9-20-11-14/h3-9,11-12H,10H2,1-2H3,(H2,19,21). The van der Waals surface area contributed by atoms with Crippen molar-refractivity contribution in [1.29, 1.82) is 0 Å². The van der Waals surface area contributed by atoms with Gasteiger partial charge in [0.2, 0.25) is 0 Å². The van der Waals surface area contributed by atoms with Crippen LogP contribution in [0.3, 0.4) is 0 Å². The number of nitrogens with zero attached hydrogens (tertiary/aromatic N) is 2. The van der Waals surface area contributed by atoms with Crippen LogP contribution in [-0.4, -0.2) is 16.1 Å². The number of hydrogen-bond acceptors (Lipinski definition) is 5. The maximum atomic E-state index is 5.92. The fraction of sp³-hybridized carbons (Fsp3) is 0.222. The normalized spacial score (nSPS) is 10.9. The van der Waals surface area contributed by atoms with Crippen molar-refractivity contribution in [2.24, 2.45) is 0 Å². The zero-order valence-corrected chi connectivity index (χ0v) is 14.0. The van der Waals surface area contributed by atoms with E-state index < -0.39 is 0 Å². The fourth-order valence-electron chi connectivity index (χ4n) is 2.36. The van der Waals surface area contributed by atoms with E-state index in [2.05, 4.69) is 22.1 Å². The zero-order chi connectivity index (χ0) is 16.2. The molecule has 0 radical (unpaired) electrons. The zero-order valence-electron chi connectivity index (χ0n) is 13.2. The van der Waals surface area contributed by atoms with Gasteiger partial charge in [-0.05, 0) is 43.7 Å². The number of pyridine rings is 1. The molecule has 0 fully saturated rings. The van der Waals surface area contributed by atoms with E-state index in [1.54, 1.807) is 6.20 Å². The van der Waals surface area contributed by atoms with Gasteiger partial charge in [0, 0.05) is 29.3 Å². The Bertz CT molecular complexity index is 767. The minimum Gasteiger partial charge on any atom is -0.491 e. The molecule has 0 aliphatic carbocycles. The van der Waals surface area contributed by atoms with E-state index in [-0.39, 0.29) is 6.10 Å². The maximum Gasteiger partial charge on any atom is 0.180 e. The van der Waals surface area contributed by atoms with Gasteiger partial charge in [0.15, 0.2) is 5.13 Å². The molecule has 0 atom stereocenters. The van der Waals surface area contributed by atoms with Gasteiger partial charge in [-0.2, -0.15) is 0 Å². The lowest BCUT2D eigenvalue weighted by Gasteiger charge is -2.10. The molecule has 3 rings (SSSR count). The first kappa shape index (κ1) is 15.5. The monoisotopic (exact) mass is 325 g/mol. The molecule has 0 bridgehead atoms. The molecule has 0 unspecified atom stereocenters. The number of rotatable bonds is 5. The van der Waals surface area contributed by atoms with Gasteiger partial charge in [0.1, 0.15) is 5.75 Å². The summed E-state index contributed by atoms with van der Waals surface area (Å²) in [6.07, 6.45) is 4.55. The third-order valence-electron chi connectivity index (χ3n) is 3.31. The van der Waals surface area contributed by atoms with Gasteiger partial charge < -0.3 is 10.5 Å². The predicted octanol–water partition coefficient (Wildman–Crippen LogP) is 4.17. The molecule has 0 saturated heterocycles. The lowest BCUT2D eigenvalue weighted by molar-refractivity contribution is 0.242. The van der Waals surface area contributed by atoms with Crippen LogP contribution >= 0.6 is 11.3 Å². The van der Waals surface area contributed by atoms with Crippen LogP contribution in [0.25, 0.3) is 11.3 Å². The van der Waals surface area contributed by atoms with Crippen LogP contribution < -0.4 is 10.5 Å². The van der Waals surface area contributed by atoms with E-state index in [9.17, 15) is 0 Å². The van der Waals surface area contributed by atoms with Crippen LogP contribution in [0.2, 0.25) is 0 Å². The summed E-state index contributed by atoms with van der Waals surface area (Å²) in [5, 5.41) is 0.582. The molecule has 0 amide bonds. The summed E-state index contributed by atoms with van der Waals surface area (Å²) in [7, 11) is 0. The minimum absolute atomic E-state index is 0.180. The number of aromatic nitrogens is 2. The lowest BCUT2D eigenvalue weighted by Crippen LogP contribution is -2.05. The summed E-state index contributed by atoms with van der Waals surface area (Å²) in [5.41, 5.74) is 9.04. The first-order valence-corrected chi connectivity index (χ1v) is 8.34. The van der Waals surface area contributed by atoms with E-state index in [1.807, 2.05) is 44.3 Å². The number of hydrogen-bond donors (Lipinski definition) is 1. The second-order valence-corrected chi connectivity index (χ2v) is 6.67. The summed E-state index contributed by atoms with van der Waals surface area (Å²) < 4.78 is 5.68. The Hall–Kier alpha value is -2.40. The van der Waals surface area contributed by atoms with E-state index >= 15 is 0 Å². The number of anilines is 1. The van der Waals surface area contributed by atoms with Crippen molar-refractivity contribution in [2.75, 3.05) is 5.73 Å². The average molecular weight is 325 g/mol. The molecule has 23 heavy (non-hydrogen) atoms. The molecule has 0 spiro atoms. The first-order valence-electron chi connectivity index (χ1n) is 7.53. The SMILES string of the molecule is CC(C)Oc1ccc(Cc2sc(N)nc2-c2cccnc2)cc1. The second-order valence-electron chi connectivity index (χ2n) is 5.55. The molecule has 2 aromatic heterocycles. The smallest absolute Gasteiger partial charge is 0.180 e. The summed E-state index contributed by atoms with van der Waals surface area (Å²) in [6.45, 7) is 4.04. The second kappa shape index (κ2) is 6.79. The van der Waals surface area contributed by atoms with Crippen molar-refractivity contribution < 1.29 is 4.74 Å². The molecule has 0 saturated carbocycles. The highest BCUT2D eigenvalue weighted by molar-refractivity contribution is 7.15. The minimum atomic E-state index is 0.180. The Morgan fingerprint density at radius 1 is 1.17 bits per heavy atom. The Morgan fingerprint density at radius 2 is 1.96 bits per heavy atom. The summed E-state index contributed by atoms with van der Waals surface area (Å²) in [5.74, 6) is 0.889. The predicted molar refractivity (Wildman–Crippen MR) is 94.8 cm³/mol. The number of thiazole rings is 1. The molecule has 118 valence electrons. The van der Waals surface area contributed by atoms with Crippen LogP contribution in [0, 0.1) is 0 Å². The highest BCUT2D eigenvalue weighted by Gasteiger charge is 2.12. The van der Waals surface area contributed by atoms with Crippen molar-refractivity contribution in [1.82, 2.24) is 9.97 Å². The fourth-order valence-corrected chi connectivity index (χ4v) is 3.25. The summed E-state index contributed by atoms with van der Waals surface area (Å²) in [4.78, 5) is 9.78. The van der Waals surface area contributed by atoms with Gasteiger partial charge in [0.25, 0.3) is 0 Å².